The molecule has 1 aromatic heterocycles. The van der Waals surface area contributed by atoms with Crippen LogP contribution in [0.15, 0.2) is 6.20 Å². The van der Waals surface area contributed by atoms with Gasteiger partial charge in [-0.2, -0.15) is 9.37 Å². The molecule has 1 atom stereocenters. The van der Waals surface area contributed by atoms with E-state index >= 15 is 0 Å². The lowest BCUT2D eigenvalue weighted by molar-refractivity contribution is 0.222. The molecular formula is C13H21FN4O. The molecule has 0 amide bonds. The monoisotopic (exact) mass is 268 g/mol. The fourth-order valence-corrected chi connectivity index (χ4v) is 2.33. The van der Waals surface area contributed by atoms with E-state index in [1.54, 1.807) is 0 Å². The number of rotatable bonds is 6. The predicted molar refractivity (Wildman–Crippen MR) is 71.9 cm³/mol. The van der Waals surface area contributed by atoms with E-state index in [0.29, 0.717) is 25.1 Å². The molecule has 106 valence electrons. The van der Waals surface area contributed by atoms with Gasteiger partial charge in [-0.1, -0.05) is 0 Å². The van der Waals surface area contributed by atoms with Crippen LogP contribution in [-0.2, 0) is 0 Å². The molecule has 19 heavy (non-hydrogen) atoms. The van der Waals surface area contributed by atoms with Crippen molar-refractivity contribution in [2.45, 2.75) is 32.2 Å². The summed E-state index contributed by atoms with van der Waals surface area (Å²) in [4.78, 5) is 10.2. The topological polar surface area (TPSA) is 50.3 Å². The average molecular weight is 268 g/mol. The van der Waals surface area contributed by atoms with Crippen LogP contribution in [0.25, 0.3) is 0 Å². The number of hydrogen-bond donors (Lipinski definition) is 1. The van der Waals surface area contributed by atoms with Gasteiger partial charge in [0.15, 0.2) is 0 Å². The van der Waals surface area contributed by atoms with Gasteiger partial charge in [-0.25, -0.2) is 4.98 Å². The second-order valence-corrected chi connectivity index (χ2v) is 4.79. The van der Waals surface area contributed by atoms with Gasteiger partial charge in [0.25, 0.3) is 5.88 Å². The average Bonchev–Trinajstić information content (AvgIpc) is 2.79. The number of nitrogens with zero attached hydrogens (tertiary/aromatic N) is 3. The number of halogens is 1. The zero-order valence-corrected chi connectivity index (χ0v) is 11.5. The summed E-state index contributed by atoms with van der Waals surface area (Å²) in [5, 5.41) is 2.94. The summed E-state index contributed by atoms with van der Waals surface area (Å²) in [6.07, 6.45) is 4.46. The van der Waals surface area contributed by atoms with Crippen LogP contribution in [0.1, 0.15) is 26.2 Å². The number of likely N-dealkylation sites (tertiary alicyclic amines) is 1. The second kappa shape index (κ2) is 6.65. The van der Waals surface area contributed by atoms with E-state index in [4.69, 9.17) is 4.74 Å². The van der Waals surface area contributed by atoms with Crippen molar-refractivity contribution in [2.24, 2.45) is 0 Å². The molecule has 2 heterocycles. The first kappa shape index (κ1) is 14.0. The molecule has 0 radical (unpaired) electrons. The van der Waals surface area contributed by atoms with Crippen molar-refractivity contribution in [1.29, 1.82) is 0 Å². The van der Waals surface area contributed by atoms with Crippen LogP contribution in [0, 0.1) is 5.82 Å². The Bertz CT molecular complexity index is 416. The fourth-order valence-electron chi connectivity index (χ4n) is 2.33. The number of anilines is 1. The Labute approximate surface area is 113 Å². The van der Waals surface area contributed by atoms with Gasteiger partial charge in [0, 0.05) is 12.6 Å². The van der Waals surface area contributed by atoms with Crippen molar-refractivity contribution >= 4 is 5.95 Å². The summed E-state index contributed by atoms with van der Waals surface area (Å²) >= 11 is 0. The first-order valence-corrected chi connectivity index (χ1v) is 6.80. The summed E-state index contributed by atoms with van der Waals surface area (Å²) in [7, 11) is 2.12. The Balaban J connectivity index is 1.86. The van der Waals surface area contributed by atoms with Gasteiger partial charge < -0.3 is 15.0 Å². The zero-order valence-electron chi connectivity index (χ0n) is 11.5. The van der Waals surface area contributed by atoms with Gasteiger partial charge in [0.2, 0.25) is 11.8 Å². The van der Waals surface area contributed by atoms with E-state index in [9.17, 15) is 4.39 Å². The van der Waals surface area contributed by atoms with E-state index in [1.807, 2.05) is 6.92 Å². The van der Waals surface area contributed by atoms with Crippen LogP contribution in [0.3, 0.4) is 0 Å². The van der Waals surface area contributed by atoms with Gasteiger partial charge >= 0.3 is 0 Å². The fraction of sp³-hybridized carbons (Fsp3) is 0.692. The number of hydrogen-bond acceptors (Lipinski definition) is 5. The maximum absolute atomic E-state index is 13.5. The van der Waals surface area contributed by atoms with Crippen LogP contribution in [0.2, 0.25) is 0 Å². The summed E-state index contributed by atoms with van der Waals surface area (Å²) in [5.74, 6) is -0.0788. The van der Waals surface area contributed by atoms with E-state index in [0.717, 1.165) is 19.2 Å². The van der Waals surface area contributed by atoms with E-state index < -0.39 is 5.82 Å². The van der Waals surface area contributed by atoms with Crippen molar-refractivity contribution in [3.05, 3.63) is 12.0 Å². The molecule has 1 unspecified atom stereocenters. The Hall–Kier alpha value is -1.43. The summed E-state index contributed by atoms with van der Waals surface area (Å²) < 4.78 is 18.9. The van der Waals surface area contributed by atoms with Crippen molar-refractivity contribution in [3.63, 3.8) is 0 Å². The lowest BCUT2D eigenvalue weighted by Gasteiger charge is -2.19. The normalized spacial score (nSPS) is 19.6. The third-order valence-corrected chi connectivity index (χ3v) is 3.41. The van der Waals surface area contributed by atoms with E-state index in [-0.39, 0.29) is 5.88 Å². The minimum Gasteiger partial charge on any atom is -0.475 e. The molecule has 1 saturated heterocycles. The van der Waals surface area contributed by atoms with Gasteiger partial charge in [-0.15, -0.1) is 0 Å². The van der Waals surface area contributed by atoms with E-state index in [1.165, 1.54) is 12.8 Å². The Kier molecular flexibility index (Phi) is 4.90. The molecule has 0 spiro atoms. The molecule has 0 saturated carbocycles. The Morgan fingerprint density at radius 2 is 2.42 bits per heavy atom. The third kappa shape index (κ3) is 3.76. The maximum Gasteiger partial charge on any atom is 0.255 e. The molecule has 1 fully saturated rings. The molecule has 0 aromatic carbocycles. The molecule has 2 rings (SSSR count). The largest absolute Gasteiger partial charge is 0.475 e. The van der Waals surface area contributed by atoms with Crippen molar-refractivity contribution in [3.8, 4) is 5.88 Å². The highest BCUT2D eigenvalue weighted by Gasteiger charge is 2.20. The second-order valence-electron chi connectivity index (χ2n) is 4.79. The van der Waals surface area contributed by atoms with Crippen LogP contribution >= 0.6 is 0 Å². The SMILES string of the molecule is CCNc1ncc(F)c(OCCC2CCCN2C)n1. The molecule has 0 bridgehead atoms. The standard InChI is InChI=1S/C13H21FN4O/c1-3-15-13-16-9-11(14)12(17-13)19-8-6-10-5-4-7-18(10)2/h9-10H,3-8H2,1-2H3,(H,15,16,17). The quantitative estimate of drug-likeness (QED) is 0.854. The highest BCUT2D eigenvalue weighted by Crippen LogP contribution is 2.19. The molecule has 1 aliphatic heterocycles. The Morgan fingerprint density at radius 3 is 3.11 bits per heavy atom. The Morgan fingerprint density at radius 1 is 1.58 bits per heavy atom. The van der Waals surface area contributed by atoms with Crippen molar-refractivity contribution in [1.82, 2.24) is 14.9 Å². The molecule has 1 N–H and O–H groups in total. The zero-order chi connectivity index (χ0) is 13.7. The van der Waals surface area contributed by atoms with Crippen LogP contribution in [0.5, 0.6) is 5.88 Å². The highest BCUT2D eigenvalue weighted by atomic mass is 19.1. The molecule has 5 nitrogen and oxygen atoms in total. The third-order valence-electron chi connectivity index (χ3n) is 3.41. The highest BCUT2D eigenvalue weighted by molar-refractivity contribution is 5.27. The van der Waals surface area contributed by atoms with Crippen molar-refractivity contribution < 1.29 is 9.13 Å². The number of ether oxygens (including phenoxy) is 1. The molecule has 1 aromatic rings. The summed E-state index contributed by atoms with van der Waals surface area (Å²) in [5.41, 5.74) is 0. The number of nitrogens with one attached hydrogen (secondary N) is 1. The molecule has 6 heteroatoms. The van der Waals surface area contributed by atoms with E-state index in [2.05, 4.69) is 27.2 Å². The smallest absolute Gasteiger partial charge is 0.255 e. The predicted octanol–water partition coefficient (Wildman–Crippen LogP) is 1.91. The minimum absolute atomic E-state index is 0.0339. The van der Waals surface area contributed by atoms with Crippen LogP contribution in [0.4, 0.5) is 10.3 Å². The van der Waals surface area contributed by atoms with Gasteiger partial charge in [-0.05, 0) is 39.8 Å². The lowest BCUT2D eigenvalue weighted by Crippen LogP contribution is -2.26. The van der Waals surface area contributed by atoms with Gasteiger partial charge in [-0.3, -0.25) is 0 Å². The van der Waals surface area contributed by atoms with Crippen LogP contribution < -0.4 is 10.1 Å². The van der Waals surface area contributed by atoms with Gasteiger partial charge in [0.05, 0.1) is 12.8 Å². The number of aromatic nitrogens is 2. The van der Waals surface area contributed by atoms with Gasteiger partial charge in [0.1, 0.15) is 0 Å². The first-order chi connectivity index (χ1) is 9.20. The summed E-state index contributed by atoms with van der Waals surface area (Å²) in [6.45, 7) is 4.24. The van der Waals surface area contributed by atoms with Crippen LogP contribution in [-0.4, -0.2) is 47.7 Å². The first-order valence-electron chi connectivity index (χ1n) is 6.80. The van der Waals surface area contributed by atoms with Crippen molar-refractivity contribution in [2.75, 3.05) is 32.1 Å². The minimum atomic E-state index is -0.513. The summed E-state index contributed by atoms with van der Waals surface area (Å²) in [6, 6.07) is 0.540. The molecule has 0 aliphatic carbocycles. The lowest BCUT2D eigenvalue weighted by atomic mass is 10.1. The molecule has 1 aliphatic rings. The molecular weight excluding hydrogens is 247 g/mol. The maximum atomic E-state index is 13.5.